The van der Waals surface area contributed by atoms with Crippen LogP contribution in [0, 0.1) is 6.92 Å². The molecule has 1 aliphatic rings. The van der Waals surface area contributed by atoms with Crippen molar-refractivity contribution in [1.82, 2.24) is 14.9 Å². The van der Waals surface area contributed by atoms with Crippen molar-refractivity contribution in [3.05, 3.63) is 45.9 Å². The van der Waals surface area contributed by atoms with Crippen LogP contribution in [-0.2, 0) is 11.3 Å². The zero-order chi connectivity index (χ0) is 21.3. The summed E-state index contributed by atoms with van der Waals surface area (Å²) in [6, 6.07) is 9.29. The topological polar surface area (TPSA) is 92.6 Å². The Kier molecular flexibility index (Phi) is 6.03. The second kappa shape index (κ2) is 8.71. The molecular formula is C21H21N3O4S2. The first-order valence-corrected chi connectivity index (χ1v) is 11.3. The van der Waals surface area contributed by atoms with Gasteiger partial charge in [-0.1, -0.05) is 11.8 Å². The summed E-state index contributed by atoms with van der Waals surface area (Å²) in [5.41, 5.74) is 0.814. The number of ether oxygens (including phenoxy) is 1. The van der Waals surface area contributed by atoms with Crippen LogP contribution in [0.5, 0.6) is 5.75 Å². The lowest BCUT2D eigenvalue weighted by Crippen LogP contribution is -2.28. The smallest absolute Gasteiger partial charge is 0.251 e. The lowest BCUT2D eigenvalue weighted by atomic mass is 10.2. The number of hydrogen-bond donors (Lipinski definition) is 1. The zero-order valence-corrected chi connectivity index (χ0v) is 18.3. The maximum Gasteiger partial charge on any atom is 0.251 e. The van der Waals surface area contributed by atoms with E-state index in [2.05, 4.69) is 9.97 Å². The minimum absolute atomic E-state index is 0.0105. The number of Topliss-reactive ketones (excluding diaryl/α,β-unsaturated/α-hetero) is 1. The van der Waals surface area contributed by atoms with E-state index in [1.54, 1.807) is 18.1 Å². The standard InChI is InChI=1S/C21H21N3O4S2/c1-12-22-16-5-3-13(28-2)9-15(16)20(23-12)29-11-18(26)19-6-4-14(30-19)10-24-8-7-17(25)21(24)27/h3-6,9,17,25H,7-8,10-11H2,1-2H3. The van der Waals surface area contributed by atoms with Gasteiger partial charge in [-0.25, -0.2) is 9.97 Å². The van der Waals surface area contributed by atoms with Crippen molar-refractivity contribution < 1.29 is 19.4 Å². The van der Waals surface area contributed by atoms with Gasteiger partial charge in [0.15, 0.2) is 5.78 Å². The largest absolute Gasteiger partial charge is 0.497 e. The van der Waals surface area contributed by atoms with Crippen LogP contribution in [0.25, 0.3) is 10.9 Å². The molecule has 1 saturated heterocycles. The molecule has 0 radical (unpaired) electrons. The van der Waals surface area contributed by atoms with E-state index < -0.39 is 6.10 Å². The maximum absolute atomic E-state index is 12.7. The molecule has 7 nitrogen and oxygen atoms in total. The third-order valence-corrected chi connectivity index (χ3v) is 6.97. The summed E-state index contributed by atoms with van der Waals surface area (Å²) in [6.45, 7) is 2.80. The van der Waals surface area contributed by atoms with Gasteiger partial charge in [0.25, 0.3) is 5.91 Å². The number of amides is 1. The number of rotatable bonds is 7. The number of hydrogen-bond acceptors (Lipinski definition) is 8. The van der Waals surface area contributed by atoms with Crippen LogP contribution in [0.2, 0.25) is 0 Å². The summed E-state index contributed by atoms with van der Waals surface area (Å²) < 4.78 is 5.30. The number of aliphatic hydroxyl groups is 1. The first kappa shape index (κ1) is 20.8. The molecular weight excluding hydrogens is 422 g/mol. The van der Waals surface area contributed by atoms with Crippen molar-refractivity contribution in [3.63, 3.8) is 0 Å². The van der Waals surface area contributed by atoms with Gasteiger partial charge in [0.2, 0.25) is 0 Å². The first-order chi connectivity index (χ1) is 14.4. The summed E-state index contributed by atoms with van der Waals surface area (Å²) in [7, 11) is 1.61. The minimum Gasteiger partial charge on any atom is -0.497 e. The van der Waals surface area contributed by atoms with E-state index in [4.69, 9.17) is 4.74 Å². The van der Waals surface area contributed by atoms with Crippen LogP contribution in [0.15, 0.2) is 35.4 Å². The van der Waals surface area contributed by atoms with Crippen LogP contribution in [0.4, 0.5) is 0 Å². The van der Waals surface area contributed by atoms with Crippen LogP contribution in [-0.4, -0.2) is 57.2 Å². The second-order valence-electron chi connectivity index (χ2n) is 7.00. The molecule has 30 heavy (non-hydrogen) atoms. The van der Waals surface area contributed by atoms with Crippen LogP contribution in [0.1, 0.15) is 26.8 Å². The van der Waals surface area contributed by atoms with Crippen LogP contribution < -0.4 is 4.74 Å². The number of aryl methyl sites for hydroxylation is 1. The fraction of sp³-hybridized carbons (Fsp3) is 0.333. The highest BCUT2D eigenvalue weighted by Gasteiger charge is 2.29. The predicted octanol–water partition coefficient (Wildman–Crippen LogP) is 3.08. The summed E-state index contributed by atoms with van der Waals surface area (Å²) >= 11 is 2.77. The third kappa shape index (κ3) is 4.33. The Morgan fingerprint density at radius 1 is 1.33 bits per heavy atom. The van der Waals surface area contributed by atoms with Gasteiger partial charge in [-0.2, -0.15) is 0 Å². The van der Waals surface area contributed by atoms with Gasteiger partial charge in [0.1, 0.15) is 22.7 Å². The van der Waals surface area contributed by atoms with Gasteiger partial charge in [-0.3, -0.25) is 9.59 Å². The number of carbonyl (C=O) groups excluding carboxylic acids is 2. The molecule has 0 spiro atoms. The number of nitrogens with zero attached hydrogens (tertiary/aromatic N) is 3. The number of thioether (sulfide) groups is 1. The van der Waals surface area contributed by atoms with Gasteiger partial charge >= 0.3 is 0 Å². The highest BCUT2D eigenvalue weighted by Crippen LogP contribution is 2.30. The van der Waals surface area contributed by atoms with Crippen molar-refractivity contribution >= 4 is 45.7 Å². The second-order valence-corrected chi connectivity index (χ2v) is 9.13. The van der Waals surface area contributed by atoms with Crippen molar-refractivity contribution in [1.29, 1.82) is 0 Å². The maximum atomic E-state index is 12.7. The van der Waals surface area contributed by atoms with Gasteiger partial charge in [0, 0.05) is 16.8 Å². The van der Waals surface area contributed by atoms with Gasteiger partial charge < -0.3 is 14.7 Å². The Bertz CT molecular complexity index is 1110. The Morgan fingerprint density at radius 2 is 2.17 bits per heavy atom. The fourth-order valence-corrected chi connectivity index (χ4v) is 5.30. The predicted molar refractivity (Wildman–Crippen MR) is 116 cm³/mol. The number of thiophene rings is 1. The van der Waals surface area contributed by atoms with Crippen LogP contribution in [0.3, 0.4) is 0 Å². The van der Waals surface area contributed by atoms with Crippen LogP contribution >= 0.6 is 23.1 Å². The SMILES string of the molecule is COc1ccc2nc(C)nc(SCC(=O)c3ccc(CN4CCC(O)C4=O)s3)c2c1. The highest BCUT2D eigenvalue weighted by molar-refractivity contribution is 8.00. The van der Waals surface area contributed by atoms with E-state index in [1.165, 1.54) is 23.1 Å². The molecule has 1 amide bonds. The molecule has 3 aromatic rings. The van der Waals surface area contributed by atoms with E-state index in [9.17, 15) is 14.7 Å². The van der Waals surface area contributed by atoms with Crippen molar-refractivity contribution in [2.75, 3.05) is 19.4 Å². The van der Waals surface area contributed by atoms with E-state index in [1.807, 2.05) is 31.2 Å². The molecule has 1 atom stereocenters. The normalized spacial score (nSPS) is 16.4. The van der Waals surface area contributed by atoms with E-state index >= 15 is 0 Å². The molecule has 1 fully saturated rings. The zero-order valence-electron chi connectivity index (χ0n) is 16.6. The number of methoxy groups -OCH3 is 1. The lowest BCUT2D eigenvalue weighted by Gasteiger charge is -2.13. The summed E-state index contributed by atoms with van der Waals surface area (Å²) in [4.78, 5) is 36.8. The van der Waals surface area contributed by atoms with Gasteiger partial charge in [-0.15, -0.1) is 11.3 Å². The molecule has 1 unspecified atom stereocenters. The van der Waals surface area contributed by atoms with Gasteiger partial charge in [0.05, 0.1) is 29.8 Å². The summed E-state index contributed by atoms with van der Waals surface area (Å²) in [6.07, 6.45) is -0.434. The Labute approximate surface area is 182 Å². The van der Waals surface area contributed by atoms with E-state index in [0.717, 1.165) is 20.8 Å². The molecule has 9 heteroatoms. The average molecular weight is 444 g/mol. The van der Waals surface area contributed by atoms with E-state index in [-0.39, 0.29) is 17.4 Å². The number of aliphatic hydroxyl groups excluding tert-OH is 1. The summed E-state index contributed by atoms with van der Waals surface area (Å²) in [5.74, 6) is 1.39. The highest BCUT2D eigenvalue weighted by atomic mass is 32.2. The number of fused-ring (bicyclic) bond motifs is 1. The molecule has 1 aliphatic heterocycles. The minimum atomic E-state index is -0.896. The van der Waals surface area contributed by atoms with Crippen molar-refractivity contribution in [3.8, 4) is 5.75 Å². The molecule has 1 N–H and O–H groups in total. The number of carbonyl (C=O) groups is 2. The quantitative estimate of drug-likeness (QED) is 0.341. The Morgan fingerprint density at radius 3 is 2.90 bits per heavy atom. The Balaban J connectivity index is 1.45. The number of likely N-dealkylation sites (tertiary alicyclic amines) is 1. The van der Waals surface area contributed by atoms with Crippen molar-refractivity contribution in [2.45, 2.75) is 31.0 Å². The number of ketones is 1. The molecule has 156 valence electrons. The average Bonchev–Trinajstić information content (AvgIpc) is 3.33. The molecule has 0 aliphatic carbocycles. The lowest BCUT2D eigenvalue weighted by molar-refractivity contribution is -0.134. The Hall–Kier alpha value is -2.49. The molecule has 4 rings (SSSR count). The van der Waals surface area contributed by atoms with E-state index in [0.29, 0.717) is 36.0 Å². The fourth-order valence-electron chi connectivity index (χ4n) is 3.31. The molecule has 0 saturated carbocycles. The van der Waals surface area contributed by atoms with Crippen molar-refractivity contribution in [2.24, 2.45) is 0 Å². The number of aromatic nitrogens is 2. The monoisotopic (exact) mass is 443 g/mol. The van der Waals surface area contributed by atoms with Gasteiger partial charge in [-0.05, 0) is 43.7 Å². The summed E-state index contributed by atoms with van der Waals surface area (Å²) in [5, 5.41) is 11.2. The molecule has 3 heterocycles. The molecule has 2 aromatic heterocycles. The molecule has 1 aromatic carbocycles. The third-order valence-electron chi connectivity index (χ3n) is 4.87. The molecule has 0 bridgehead atoms. The first-order valence-electron chi connectivity index (χ1n) is 9.48. The number of benzene rings is 1.